The van der Waals surface area contributed by atoms with E-state index in [0.29, 0.717) is 0 Å². The summed E-state index contributed by atoms with van der Waals surface area (Å²) in [6.45, 7) is 4.43. The smallest absolute Gasteiger partial charge is 0.256 e. The van der Waals surface area contributed by atoms with Gasteiger partial charge in [0.25, 0.3) is 5.69 Å². The molecule has 0 atom stereocenters. The Kier molecular flexibility index (Phi) is 4.00. The maximum Gasteiger partial charge on any atom is 0.256 e. The molecule has 0 bridgehead atoms. The van der Waals surface area contributed by atoms with E-state index in [1.54, 1.807) is 0 Å². The largest absolute Gasteiger partial charge is 0.450 e. The van der Waals surface area contributed by atoms with Crippen molar-refractivity contribution in [3.8, 4) is 28.4 Å². The topological polar surface area (TPSA) is 18.0 Å². The van der Waals surface area contributed by atoms with Gasteiger partial charge < -0.3 is 9.30 Å². The van der Waals surface area contributed by atoms with Gasteiger partial charge in [0.2, 0.25) is 5.52 Å². The van der Waals surface area contributed by atoms with Crippen molar-refractivity contribution in [3.05, 3.63) is 108 Å². The summed E-state index contributed by atoms with van der Waals surface area (Å²) in [6, 6.07) is 34.8. The van der Waals surface area contributed by atoms with Gasteiger partial charge in [-0.1, -0.05) is 60.7 Å². The van der Waals surface area contributed by atoms with E-state index in [2.05, 4.69) is 127 Å². The summed E-state index contributed by atoms with van der Waals surface area (Å²) in [4.78, 5) is 0. The number of hydrogen-bond acceptors (Lipinski definition) is 1. The monoisotopic (exact) mass is 477 g/mol. The molecular formula is C34H25N2O+. The quantitative estimate of drug-likeness (QED) is 0.217. The minimum absolute atomic E-state index is 0.900. The van der Waals surface area contributed by atoms with Crippen molar-refractivity contribution < 1.29 is 9.30 Å². The van der Waals surface area contributed by atoms with Gasteiger partial charge >= 0.3 is 0 Å². The Morgan fingerprint density at radius 3 is 2.14 bits per heavy atom. The summed E-state index contributed by atoms with van der Waals surface area (Å²) in [5.41, 5.74) is 9.76. The van der Waals surface area contributed by atoms with Gasteiger partial charge in [-0.05, 0) is 54.6 Å². The highest BCUT2D eigenvalue weighted by atomic mass is 16.5. The first kappa shape index (κ1) is 20.6. The number of benzene rings is 5. The first-order valence-electron chi connectivity index (χ1n) is 12.8. The van der Waals surface area contributed by atoms with Gasteiger partial charge in [0.05, 0.1) is 27.7 Å². The lowest BCUT2D eigenvalue weighted by Crippen LogP contribution is -2.33. The second-order valence-electron chi connectivity index (χ2n) is 10.1. The van der Waals surface area contributed by atoms with Crippen LogP contribution in [0.4, 0.5) is 0 Å². The molecule has 5 aromatic carbocycles. The lowest BCUT2D eigenvalue weighted by molar-refractivity contribution is -0.633. The number of rotatable bonds is 1. The summed E-state index contributed by atoms with van der Waals surface area (Å²) < 4.78 is 11.4. The van der Waals surface area contributed by atoms with Crippen molar-refractivity contribution >= 4 is 43.5 Å². The van der Waals surface area contributed by atoms with Crippen molar-refractivity contribution in [2.45, 2.75) is 13.8 Å². The van der Waals surface area contributed by atoms with Crippen LogP contribution in [-0.2, 0) is 7.05 Å². The first-order valence-corrected chi connectivity index (χ1v) is 12.8. The lowest BCUT2D eigenvalue weighted by atomic mass is 9.90. The van der Waals surface area contributed by atoms with Gasteiger partial charge in [-0.25, -0.2) is 0 Å². The van der Waals surface area contributed by atoms with E-state index in [1.165, 1.54) is 54.8 Å². The summed E-state index contributed by atoms with van der Waals surface area (Å²) in [5.74, 6) is 1.83. The molecule has 1 aliphatic rings. The van der Waals surface area contributed by atoms with Crippen LogP contribution in [-0.4, -0.2) is 4.57 Å². The Labute approximate surface area is 214 Å². The van der Waals surface area contributed by atoms with Crippen molar-refractivity contribution in [1.29, 1.82) is 0 Å². The summed E-state index contributed by atoms with van der Waals surface area (Å²) in [6.07, 6.45) is 0. The predicted octanol–water partition coefficient (Wildman–Crippen LogP) is 8.30. The number of hydrogen-bond donors (Lipinski definition) is 0. The average molecular weight is 478 g/mol. The Bertz CT molecular complexity index is 2040. The number of aryl methyl sites for hydroxylation is 2. The van der Waals surface area contributed by atoms with E-state index in [1.807, 2.05) is 0 Å². The lowest BCUT2D eigenvalue weighted by Gasteiger charge is -2.23. The molecule has 0 N–H and O–H groups in total. The van der Waals surface area contributed by atoms with Gasteiger partial charge in [-0.3, -0.25) is 0 Å². The fourth-order valence-corrected chi connectivity index (χ4v) is 6.37. The highest BCUT2D eigenvalue weighted by Crippen LogP contribution is 2.48. The maximum absolute atomic E-state index is 6.65. The zero-order valence-electron chi connectivity index (χ0n) is 21.0. The Balaban J connectivity index is 1.51. The molecule has 2 aromatic heterocycles. The normalized spacial score (nSPS) is 12.4. The van der Waals surface area contributed by atoms with Crippen molar-refractivity contribution in [3.63, 3.8) is 0 Å². The standard InChI is InChI=1S/C34H25N2O/c1-20-18-22-10-8-17-30-33(22)32(21(20)2)34-31(37-30)19-25-26(35(34)3)15-9-16-29(25)36-27-13-6-4-11-23(27)24-12-5-7-14-28(24)36/h4-19H,1-3H3/q+1. The third-order valence-electron chi connectivity index (χ3n) is 8.19. The van der Waals surface area contributed by atoms with Crippen molar-refractivity contribution in [1.82, 2.24) is 4.57 Å². The van der Waals surface area contributed by atoms with E-state index >= 15 is 0 Å². The second kappa shape index (κ2) is 7.21. The molecule has 0 unspecified atom stereocenters. The third kappa shape index (κ3) is 2.63. The number of ether oxygens (including phenoxy) is 1. The predicted molar refractivity (Wildman–Crippen MR) is 152 cm³/mol. The van der Waals surface area contributed by atoms with Crippen LogP contribution in [0.25, 0.3) is 60.4 Å². The fourth-order valence-electron chi connectivity index (χ4n) is 6.37. The van der Waals surface area contributed by atoms with Crippen LogP contribution in [0.1, 0.15) is 11.1 Å². The van der Waals surface area contributed by atoms with Gasteiger partial charge in [0, 0.05) is 28.3 Å². The highest BCUT2D eigenvalue weighted by molar-refractivity contribution is 6.11. The van der Waals surface area contributed by atoms with E-state index in [-0.39, 0.29) is 0 Å². The molecule has 0 spiro atoms. The third-order valence-corrected chi connectivity index (χ3v) is 8.19. The summed E-state index contributed by atoms with van der Waals surface area (Å²) in [5, 5.41) is 6.11. The van der Waals surface area contributed by atoms with E-state index in [0.717, 1.165) is 28.3 Å². The van der Waals surface area contributed by atoms with Crippen LogP contribution in [0.5, 0.6) is 11.5 Å². The molecule has 3 heterocycles. The van der Waals surface area contributed by atoms with Crippen molar-refractivity contribution in [2.24, 2.45) is 7.05 Å². The van der Waals surface area contributed by atoms with Crippen LogP contribution >= 0.6 is 0 Å². The van der Waals surface area contributed by atoms with E-state index < -0.39 is 0 Å². The van der Waals surface area contributed by atoms with Crippen LogP contribution in [0.15, 0.2) is 97.1 Å². The van der Waals surface area contributed by atoms with Crippen LogP contribution in [0.2, 0.25) is 0 Å². The summed E-state index contributed by atoms with van der Waals surface area (Å²) in [7, 11) is 2.17. The zero-order valence-corrected chi connectivity index (χ0v) is 21.0. The average Bonchev–Trinajstić information content (AvgIpc) is 3.25. The van der Waals surface area contributed by atoms with Gasteiger partial charge in [0.1, 0.15) is 12.8 Å². The van der Waals surface area contributed by atoms with Crippen LogP contribution in [0, 0.1) is 13.8 Å². The first-order chi connectivity index (χ1) is 18.1. The van der Waals surface area contributed by atoms with Crippen LogP contribution < -0.4 is 9.30 Å². The molecule has 176 valence electrons. The molecule has 0 amide bonds. The van der Waals surface area contributed by atoms with E-state index in [4.69, 9.17) is 4.74 Å². The molecule has 0 saturated carbocycles. The van der Waals surface area contributed by atoms with Gasteiger partial charge in [-0.15, -0.1) is 0 Å². The molecule has 1 aliphatic heterocycles. The van der Waals surface area contributed by atoms with E-state index in [9.17, 15) is 0 Å². The Hall–Kier alpha value is -4.63. The number of para-hydroxylation sites is 2. The minimum atomic E-state index is 0.900. The molecule has 0 saturated heterocycles. The second-order valence-corrected chi connectivity index (χ2v) is 10.1. The highest BCUT2D eigenvalue weighted by Gasteiger charge is 2.32. The molecule has 3 nitrogen and oxygen atoms in total. The van der Waals surface area contributed by atoms with Gasteiger partial charge in [0.15, 0.2) is 5.75 Å². The molecule has 0 radical (unpaired) electrons. The SMILES string of the molecule is Cc1cc2cccc3c2c(c1C)-c1c(cc2c(-n4c5ccccc5c5ccccc54)cccc2[n+]1C)O3. The number of fused-ring (bicyclic) bond motifs is 6. The molecule has 0 aliphatic carbocycles. The fraction of sp³-hybridized carbons (Fsp3) is 0.0882. The molecule has 7 aromatic rings. The molecule has 8 rings (SSSR count). The Morgan fingerprint density at radius 2 is 1.38 bits per heavy atom. The van der Waals surface area contributed by atoms with Crippen molar-refractivity contribution in [2.75, 3.05) is 0 Å². The number of nitrogens with zero attached hydrogens (tertiary/aromatic N) is 2. The number of pyridine rings is 1. The van der Waals surface area contributed by atoms with Crippen LogP contribution in [0.3, 0.4) is 0 Å². The number of aromatic nitrogens is 2. The molecule has 3 heteroatoms. The summed E-state index contributed by atoms with van der Waals surface area (Å²) >= 11 is 0. The Morgan fingerprint density at radius 1 is 0.676 bits per heavy atom. The minimum Gasteiger partial charge on any atom is -0.450 e. The molecule has 0 fully saturated rings. The maximum atomic E-state index is 6.65. The molecular weight excluding hydrogens is 452 g/mol. The van der Waals surface area contributed by atoms with Gasteiger partial charge in [-0.2, -0.15) is 4.57 Å². The zero-order chi connectivity index (χ0) is 24.8. The molecule has 37 heavy (non-hydrogen) atoms.